The molecular weight excluding hydrogens is 248 g/mol. The van der Waals surface area contributed by atoms with Crippen LogP contribution in [0.5, 0.6) is 0 Å². The van der Waals surface area contributed by atoms with E-state index in [1.807, 2.05) is 4.68 Å². The molecule has 96 valence electrons. The fourth-order valence-electron chi connectivity index (χ4n) is 2.31. The molecule has 0 radical (unpaired) electrons. The number of thiophene rings is 1. The largest absolute Gasteiger partial charge is 0.377 e. The highest BCUT2D eigenvalue weighted by atomic mass is 32.1. The highest BCUT2D eigenvalue weighted by molar-refractivity contribution is 7.10. The van der Waals surface area contributed by atoms with E-state index in [2.05, 4.69) is 39.8 Å². The van der Waals surface area contributed by atoms with Gasteiger partial charge in [0.15, 0.2) is 5.82 Å². The van der Waals surface area contributed by atoms with Gasteiger partial charge in [-0.15, -0.1) is 11.3 Å². The number of anilines is 1. The van der Waals surface area contributed by atoms with E-state index in [9.17, 15) is 0 Å². The molecule has 0 aliphatic carbocycles. The Hall–Kier alpha value is -1.40. The number of nitrogens with one attached hydrogen (secondary N) is 1. The number of nitrogens with zero attached hydrogens (tertiary/aromatic N) is 3. The lowest BCUT2D eigenvalue weighted by Crippen LogP contribution is -2.30. The summed E-state index contributed by atoms with van der Waals surface area (Å²) in [7, 11) is 1.66. The molecule has 0 bridgehead atoms. The molecule has 3 heterocycles. The SMILES string of the molecule is COCc1nc2n(n1)C(c1cccs1)CC(C)N2. The van der Waals surface area contributed by atoms with E-state index >= 15 is 0 Å². The van der Waals surface area contributed by atoms with Crippen molar-refractivity contribution in [1.29, 1.82) is 0 Å². The van der Waals surface area contributed by atoms with Crippen LogP contribution < -0.4 is 5.32 Å². The Bertz CT molecular complexity index is 522. The van der Waals surface area contributed by atoms with Crippen molar-refractivity contribution in [2.24, 2.45) is 0 Å². The van der Waals surface area contributed by atoms with Crippen molar-refractivity contribution in [2.75, 3.05) is 12.4 Å². The van der Waals surface area contributed by atoms with E-state index in [1.165, 1.54) is 4.88 Å². The van der Waals surface area contributed by atoms with Crippen molar-refractivity contribution in [3.05, 3.63) is 28.2 Å². The standard InChI is InChI=1S/C12H16N4OS/c1-8-6-9(10-4-3-5-18-10)16-12(13-8)14-11(15-16)7-17-2/h3-5,8-9H,6-7H2,1-2H3,(H,13,14,15). The van der Waals surface area contributed by atoms with Gasteiger partial charge in [0.05, 0.1) is 6.04 Å². The normalized spacial score (nSPS) is 22.6. The van der Waals surface area contributed by atoms with E-state index in [-0.39, 0.29) is 6.04 Å². The molecule has 5 nitrogen and oxygen atoms in total. The third-order valence-electron chi connectivity index (χ3n) is 3.07. The predicted molar refractivity (Wildman–Crippen MR) is 70.9 cm³/mol. The second-order valence-electron chi connectivity index (χ2n) is 4.54. The smallest absolute Gasteiger partial charge is 0.222 e. The highest BCUT2D eigenvalue weighted by Crippen LogP contribution is 2.33. The van der Waals surface area contributed by atoms with E-state index in [1.54, 1.807) is 18.4 Å². The number of methoxy groups -OCH3 is 1. The molecule has 6 heteroatoms. The molecule has 2 atom stereocenters. The number of ether oxygens (including phenoxy) is 1. The molecule has 0 aromatic carbocycles. The molecule has 1 aliphatic heterocycles. The van der Waals surface area contributed by atoms with Crippen LogP contribution in [0.15, 0.2) is 17.5 Å². The van der Waals surface area contributed by atoms with E-state index < -0.39 is 0 Å². The summed E-state index contributed by atoms with van der Waals surface area (Å²) < 4.78 is 7.08. The molecule has 0 saturated carbocycles. The summed E-state index contributed by atoms with van der Waals surface area (Å²) >= 11 is 1.77. The van der Waals surface area contributed by atoms with Gasteiger partial charge in [0.2, 0.25) is 5.95 Å². The minimum absolute atomic E-state index is 0.286. The summed E-state index contributed by atoms with van der Waals surface area (Å²) in [4.78, 5) is 5.80. The van der Waals surface area contributed by atoms with Crippen LogP contribution in [-0.4, -0.2) is 27.9 Å². The van der Waals surface area contributed by atoms with Crippen molar-refractivity contribution in [2.45, 2.75) is 32.0 Å². The Morgan fingerprint density at radius 2 is 2.50 bits per heavy atom. The van der Waals surface area contributed by atoms with Crippen molar-refractivity contribution >= 4 is 17.3 Å². The molecule has 3 rings (SSSR count). The number of hydrogen-bond donors (Lipinski definition) is 1. The van der Waals surface area contributed by atoms with Crippen LogP contribution >= 0.6 is 11.3 Å². The first-order valence-corrected chi connectivity index (χ1v) is 6.90. The first-order valence-electron chi connectivity index (χ1n) is 6.02. The van der Waals surface area contributed by atoms with Crippen LogP contribution in [0, 0.1) is 0 Å². The summed E-state index contributed by atoms with van der Waals surface area (Å²) in [6, 6.07) is 4.94. The third kappa shape index (κ3) is 2.02. The average molecular weight is 264 g/mol. The maximum atomic E-state index is 5.09. The Balaban J connectivity index is 1.98. The Morgan fingerprint density at radius 3 is 3.22 bits per heavy atom. The van der Waals surface area contributed by atoms with Gasteiger partial charge >= 0.3 is 0 Å². The fraction of sp³-hybridized carbons (Fsp3) is 0.500. The number of aromatic nitrogens is 3. The van der Waals surface area contributed by atoms with E-state index in [0.29, 0.717) is 12.6 Å². The topological polar surface area (TPSA) is 52.0 Å². The van der Waals surface area contributed by atoms with Gasteiger partial charge in [-0.1, -0.05) is 6.07 Å². The summed E-state index contributed by atoms with van der Waals surface area (Å²) in [5.41, 5.74) is 0. The average Bonchev–Trinajstić information content (AvgIpc) is 2.96. The Labute approximate surface area is 110 Å². The van der Waals surface area contributed by atoms with Crippen molar-refractivity contribution in [1.82, 2.24) is 14.8 Å². The van der Waals surface area contributed by atoms with Crippen LogP contribution in [0.2, 0.25) is 0 Å². The number of rotatable bonds is 3. The van der Waals surface area contributed by atoms with E-state index in [0.717, 1.165) is 18.2 Å². The highest BCUT2D eigenvalue weighted by Gasteiger charge is 2.28. The summed E-state index contributed by atoms with van der Waals surface area (Å²) in [5, 5.41) is 10.0. The molecular formula is C12H16N4OS. The predicted octanol–water partition coefficient (Wildman–Crippen LogP) is 2.28. The zero-order valence-electron chi connectivity index (χ0n) is 10.5. The zero-order chi connectivity index (χ0) is 12.5. The van der Waals surface area contributed by atoms with Gasteiger partial charge in [-0.05, 0) is 24.8 Å². The molecule has 0 saturated heterocycles. The summed E-state index contributed by atoms with van der Waals surface area (Å²) in [5.74, 6) is 1.58. The fourth-order valence-corrected chi connectivity index (χ4v) is 3.13. The van der Waals surface area contributed by atoms with Crippen LogP contribution in [0.3, 0.4) is 0 Å². The minimum atomic E-state index is 0.286. The number of hydrogen-bond acceptors (Lipinski definition) is 5. The van der Waals surface area contributed by atoms with Gasteiger partial charge in [0.25, 0.3) is 0 Å². The lowest BCUT2D eigenvalue weighted by molar-refractivity contribution is 0.177. The number of fused-ring (bicyclic) bond motifs is 1. The van der Waals surface area contributed by atoms with E-state index in [4.69, 9.17) is 4.74 Å². The Kier molecular flexibility index (Phi) is 3.05. The second-order valence-corrected chi connectivity index (χ2v) is 5.52. The van der Waals surface area contributed by atoms with Gasteiger partial charge in [0.1, 0.15) is 6.61 Å². The molecule has 0 amide bonds. The van der Waals surface area contributed by atoms with Crippen LogP contribution in [0.4, 0.5) is 5.95 Å². The van der Waals surface area contributed by atoms with Gasteiger partial charge in [-0.25, -0.2) is 4.68 Å². The van der Waals surface area contributed by atoms with Crippen LogP contribution in [0.25, 0.3) is 0 Å². The van der Waals surface area contributed by atoms with Crippen molar-refractivity contribution in [3.63, 3.8) is 0 Å². The van der Waals surface area contributed by atoms with Crippen molar-refractivity contribution < 1.29 is 4.74 Å². The maximum Gasteiger partial charge on any atom is 0.222 e. The lowest BCUT2D eigenvalue weighted by atomic mass is 10.1. The molecule has 1 aliphatic rings. The van der Waals surface area contributed by atoms with Crippen LogP contribution in [-0.2, 0) is 11.3 Å². The van der Waals surface area contributed by atoms with Gasteiger partial charge in [-0.3, -0.25) is 0 Å². The minimum Gasteiger partial charge on any atom is -0.377 e. The molecule has 0 fully saturated rings. The third-order valence-corrected chi connectivity index (χ3v) is 4.04. The summed E-state index contributed by atoms with van der Waals surface area (Å²) in [6.07, 6.45) is 1.03. The molecule has 2 unspecified atom stereocenters. The molecule has 18 heavy (non-hydrogen) atoms. The molecule has 0 spiro atoms. The van der Waals surface area contributed by atoms with Gasteiger partial charge in [0, 0.05) is 18.0 Å². The quantitative estimate of drug-likeness (QED) is 0.924. The molecule has 2 aromatic rings. The summed E-state index contributed by atoms with van der Waals surface area (Å²) in [6.45, 7) is 2.63. The monoisotopic (exact) mass is 264 g/mol. The van der Waals surface area contributed by atoms with Crippen molar-refractivity contribution in [3.8, 4) is 0 Å². The first-order chi connectivity index (χ1) is 8.78. The zero-order valence-corrected chi connectivity index (χ0v) is 11.3. The molecule has 2 aromatic heterocycles. The second kappa shape index (κ2) is 4.70. The first kappa shape index (κ1) is 11.7. The maximum absolute atomic E-state index is 5.09. The lowest BCUT2D eigenvalue weighted by Gasteiger charge is -2.28. The molecule has 1 N–H and O–H groups in total. The van der Waals surface area contributed by atoms with Crippen LogP contribution in [0.1, 0.15) is 30.1 Å². The van der Waals surface area contributed by atoms with Gasteiger partial charge < -0.3 is 10.1 Å². The Morgan fingerprint density at radius 1 is 1.61 bits per heavy atom. The van der Waals surface area contributed by atoms with Gasteiger partial charge in [-0.2, -0.15) is 10.1 Å².